The molecule has 3 aromatic rings. The Morgan fingerprint density at radius 1 is 1.18 bits per heavy atom. The quantitative estimate of drug-likeness (QED) is 0.334. The average molecular weight is 416 g/mol. The lowest BCUT2D eigenvalue weighted by Crippen LogP contribution is -2.12. The van der Waals surface area contributed by atoms with Gasteiger partial charge in [-0.1, -0.05) is 17.8 Å². The molecule has 0 bridgehead atoms. The topological polar surface area (TPSA) is 141 Å². The summed E-state index contributed by atoms with van der Waals surface area (Å²) >= 11 is 1.38. The minimum absolute atomic E-state index is 0.0766. The number of rotatable bonds is 7. The fraction of sp³-hybridized carbons (Fsp3) is 0.118. The van der Waals surface area contributed by atoms with E-state index in [1.807, 2.05) is 12.3 Å². The van der Waals surface area contributed by atoms with Crippen LogP contribution in [0.2, 0.25) is 0 Å². The maximum Gasteiger partial charge on any atom is 0.239 e. The highest BCUT2D eigenvalue weighted by molar-refractivity contribution is 7.98. The van der Waals surface area contributed by atoms with Crippen molar-refractivity contribution < 1.29 is 13.2 Å². The number of nitrogens with two attached hydrogens (primary N) is 1. The number of carbonyl (C=O) groups is 1. The molecule has 0 fully saturated rings. The van der Waals surface area contributed by atoms with Crippen molar-refractivity contribution in [1.29, 1.82) is 0 Å². The van der Waals surface area contributed by atoms with E-state index in [1.165, 1.54) is 36.4 Å². The highest BCUT2D eigenvalue weighted by atomic mass is 32.2. The van der Waals surface area contributed by atoms with Crippen LogP contribution in [0.4, 0.5) is 5.82 Å². The molecular weight excluding hydrogens is 400 g/mol. The first-order valence-electron chi connectivity index (χ1n) is 7.94. The highest BCUT2D eigenvalue weighted by Crippen LogP contribution is 2.20. The number of nitrogens with one attached hydrogen (secondary N) is 1. The first kappa shape index (κ1) is 19.9. The summed E-state index contributed by atoms with van der Waals surface area (Å²) in [7, 11) is -3.84. The van der Waals surface area contributed by atoms with Gasteiger partial charge in [0.05, 0.1) is 11.3 Å². The number of aromatic nitrogens is 4. The zero-order chi connectivity index (χ0) is 20.1. The largest absolute Gasteiger partial charge is 0.365 e. The third-order valence-electron chi connectivity index (χ3n) is 3.73. The summed E-state index contributed by atoms with van der Waals surface area (Å²) in [4.78, 5) is 27.7. The van der Waals surface area contributed by atoms with Gasteiger partial charge in [-0.15, -0.1) is 0 Å². The van der Waals surface area contributed by atoms with Crippen LogP contribution >= 0.6 is 11.8 Å². The lowest BCUT2D eigenvalue weighted by molar-refractivity contribution is 0.112. The van der Waals surface area contributed by atoms with Crippen LogP contribution in [0.5, 0.6) is 0 Å². The molecule has 3 aromatic heterocycles. The van der Waals surface area contributed by atoms with Crippen molar-refractivity contribution in [3.05, 3.63) is 54.1 Å². The second-order valence-corrected chi connectivity index (χ2v) is 7.97. The number of hydrogen-bond donors (Lipinski definition) is 2. The molecule has 0 spiro atoms. The summed E-state index contributed by atoms with van der Waals surface area (Å²) in [6.07, 6.45) is 8.36. The van der Waals surface area contributed by atoms with E-state index in [-0.39, 0.29) is 4.90 Å². The van der Waals surface area contributed by atoms with E-state index in [9.17, 15) is 13.2 Å². The number of sulfonamides is 1. The normalized spacial score (nSPS) is 11.2. The van der Waals surface area contributed by atoms with Crippen LogP contribution in [0.15, 0.2) is 53.0 Å². The molecule has 3 heterocycles. The fourth-order valence-corrected chi connectivity index (χ4v) is 3.14. The maximum atomic E-state index is 11.5. The molecule has 3 rings (SSSR count). The second-order valence-electron chi connectivity index (χ2n) is 5.64. The summed E-state index contributed by atoms with van der Waals surface area (Å²) in [6.45, 7) is 0.397. The molecule has 3 N–H and O–H groups in total. The van der Waals surface area contributed by atoms with Gasteiger partial charge in [0.15, 0.2) is 11.4 Å². The molecule has 9 nitrogen and oxygen atoms in total. The fourth-order valence-electron chi connectivity index (χ4n) is 2.30. The van der Waals surface area contributed by atoms with E-state index < -0.39 is 10.0 Å². The SMILES string of the molecule is CSc1ncc(C=O)c(NCc2ccc(-c3cncc(S(N)(=O)=O)c3)nc2)n1. The highest BCUT2D eigenvalue weighted by Gasteiger charge is 2.11. The zero-order valence-corrected chi connectivity index (χ0v) is 16.4. The first-order chi connectivity index (χ1) is 13.4. The Bertz CT molecular complexity index is 1100. The van der Waals surface area contributed by atoms with Gasteiger partial charge in [0.2, 0.25) is 10.0 Å². The van der Waals surface area contributed by atoms with Gasteiger partial charge in [0.25, 0.3) is 0 Å². The number of primary sulfonamides is 1. The smallest absolute Gasteiger partial charge is 0.239 e. The molecule has 0 aliphatic rings. The Morgan fingerprint density at radius 2 is 2.00 bits per heavy atom. The predicted molar refractivity (Wildman–Crippen MR) is 105 cm³/mol. The number of hydrogen-bond acceptors (Lipinski definition) is 9. The third-order valence-corrected chi connectivity index (χ3v) is 5.17. The van der Waals surface area contributed by atoms with E-state index in [4.69, 9.17) is 5.14 Å². The van der Waals surface area contributed by atoms with Crippen molar-refractivity contribution in [3.63, 3.8) is 0 Å². The average Bonchev–Trinajstić information content (AvgIpc) is 2.72. The summed E-state index contributed by atoms with van der Waals surface area (Å²) in [5.41, 5.74) is 2.31. The van der Waals surface area contributed by atoms with Crippen molar-refractivity contribution in [3.8, 4) is 11.3 Å². The van der Waals surface area contributed by atoms with E-state index in [1.54, 1.807) is 12.3 Å². The van der Waals surface area contributed by atoms with E-state index >= 15 is 0 Å². The Balaban J connectivity index is 1.76. The minimum Gasteiger partial charge on any atom is -0.365 e. The van der Waals surface area contributed by atoms with Crippen molar-refractivity contribution in [2.45, 2.75) is 16.6 Å². The maximum absolute atomic E-state index is 11.5. The molecule has 144 valence electrons. The van der Waals surface area contributed by atoms with Crippen LogP contribution in [-0.2, 0) is 16.6 Å². The lowest BCUT2D eigenvalue weighted by atomic mass is 10.1. The Morgan fingerprint density at radius 3 is 2.64 bits per heavy atom. The Kier molecular flexibility index (Phi) is 5.97. The van der Waals surface area contributed by atoms with Crippen LogP contribution in [-0.4, -0.2) is 40.9 Å². The van der Waals surface area contributed by atoms with Crippen LogP contribution in [0.25, 0.3) is 11.3 Å². The standard InChI is InChI=1S/C17H16N6O3S2/c1-27-17-22-8-13(10-24)16(23-17)21-6-11-2-3-15(20-5-11)12-4-14(9-19-7-12)28(18,25)26/h2-5,7-10H,6H2,1H3,(H2,18,25,26)(H,21,22,23). The summed E-state index contributed by atoms with van der Waals surface area (Å²) in [5, 5.41) is 8.79. The van der Waals surface area contributed by atoms with E-state index in [0.29, 0.717) is 40.6 Å². The molecule has 0 aromatic carbocycles. The molecule has 0 atom stereocenters. The van der Waals surface area contributed by atoms with Crippen LogP contribution < -0.4 is 10.5 Å². The van der Waals surface area contributed by atoms with Gasteiger partial charge < -0.3 is 5.32 Å². The molecular formula is C17H16N6O3S2. The van der Waals surface area contributed by atoms with Gasteiger partial charge >= 0.3 is 0 Å². The Hall–Kier alpha value is -2.89. The second kappa shape index (κ2) is 8.42. The zero-order valence-electron chi connectivity index (χ0n) is 14.7. The summed E-state index contributed by atoms with van der Waals surface area (Å²) < 4.78 is 22.9. The number of aldehydes is 1. The number of pyridine rings is 2. The number of thioether (sulfide) groups is 1. The summed E-state index contributed by atoms with van der Waals surface area (Å²) in [6, 6.07) is 4.99. The molecule has 28 heavy (non-hydrogen) atoms. The summed E-state index contributed by atoms with van der Waals surface area (Å²) in [5.74, 6) is 0.448. The third kappa shape index (κ3) is 4.68. The van der Waals surface area contributed by atoms with Gasteiger partial charge in [0.1, 0.15) is 10.7 Å². The van der Waals surface area contributed by atoms with Crippen molar-refractivity contribution in [2.75, 3.05) is 11.6 Å². The lowest BCUT2D eigenvalue weighted by Gasteiger charge is -2.09. The molecule has 0 aliphatic heterocycles. The van der Waals surface area contributed by atoms with Crippen molar-refractivity contribution in [2.24, 2.45) is 5.14 Å². The van der Waals surface area contributed by atoms with Crippen LogP contribution in [0.3, 0.4) is 0 Å². The number of nitrogens with zero attached hydrogens (tertiary/aromatic N) is 4. The van der Waals surface area contributed by atoms with E-state index in [0.717, 1.165) is 5.56 Å². The molecule has 0 saturated heterocycles. The van der Waals surface area contributed by atoms with Gasteiger partial charge in [-0.25, -0.2) is 23.5 Å². The van der Waals surface area contributed by atoms with Crippen molar-refractivity contribution >= 4 is 33.9 Å². The number of anilines is 1. The molecule has 0 amide bonds. The monoisotopic (exact) mass is 416 g/mol. The number of carbonyl (C=O) groups excluding carboxylic acids is 1. The predicted octanol–water partition coefficient (Wildman–Crippen LogP) is 1.73. The Labute approximate surface area is 165 Å². The molecule has 0 saturated carbocycles. The van der Waals surface area contributed by atoms with E-state index in [2.05, 4.69) is 25.3 Å². The van der Waals surface area contributed by atoms with Crippen LogP contribution in [0.1, 0.15) is 15.9 Å². The minimum atomic E-state index is -3.84. The molecule has 0 aliphatic carbocycles. The van der Waals surface area contributed by atoms with Crippen LogP contribution in [0, 0.1) is 0 Å². The molecule has 0 radical (unpaired) electrons. The molecule has 0 unspecified atom stereocenters. The molecule has 11 heteroatoms. The first-order valence-corrected chi connectivity index (χ1v) is 10.7. The van der Waals surface area contributed by atoms with Gasteiger partial charge in [-0.3, -0.25) is 14.8 Å². The van der Waals surface area contributed by atoms with Crippen molar-refractivity contribution in [1.82, 2.24) is 19.9 Å². The van der Waals surface area contributed by atoms with Gasteiger partial charge in [-0.2, -0.15) is 0 Å². The van der Waals surface area contributed by atoms with Gasteiger partial charge in [-0.05, 0) is 24.0 Å². The van der Waals surface area contributed by atoms with Gasteiger partial charge in [0, 0.05) is 36.9 Å².